The number of aliphatic hydroxyl groups is 3. The van der Waals surface area contributed by atoms with E-state index in [0.717, 1.165) is 36.4 Å². The van der Waals surface area contributed by atoms with Crippen LogP contribution in [0.15, 0.2) is 54.6 Å². The summed E-state index contributed by atoms with van der Waals surface area (Å²) in [7, 11) is -5.23. The zero-order chi connectivity index (χ0) is 24.8. The Morgan fingerprint density at radius 3 is 1.24 bits per heavy atom. The van der Waals surface area contributed by atoms with Crippen LogP contribution in [-0.2, 0) is 29.0 Å². The van der Waals surface area contributed by atoms with Crippen LogP contribution in [-0.4, -0.2) is 46.7 Å². The topological polar surface area (TPSA) is 120 Å². The first-order chi connectivity index (χ1) is 16.3. The highest BCUT2D eigenvalue weighted by atomic mass is 19.1. The fraction of sp³-hybridized carbons (Fsp3) is 0.143. The number of rotatable bonds is 10. The van der Waals surface area contributed by atoms with Gasteiger partial charge in [0.05, 0.1) is 19.8 Å². The molecule has 0 spiro atoms. The molecule has 176 valence electrons. The summed E-state index contributed by atoms with van der Waals surface area (Å²) in [6, 6.07) is 9.68. The summed E-state index contributed by atoms with van der Waals surface area (Å²) in [4.78, 5) is 0. The third-order valence-electron chi connectivity index (χ3n) is 5.12. The van der Waals surface area contributed by atoms with Gasteiger partial charge >= 0.3 is 21.4 Å². The van der Waals surface area contributed by atoms with Gasteiger partial charge in [-0.2, -0.15) is 0 Å². The summed E-state index contributed by atoms with van der Waals surface area (Å²) in [5.41, 5.74) is 0.105. The molecule has 0 aliphatic heterocycles. The molecule has 3 aromatic rings. The van der Waals surface area contributed by atoms with Crippen molar-refractivity contribution in [3.05, 3.63) is 88.7 Å². The number of hydrogen-bond donors (Lipinski definition) is 5. The zero-order valence-corrected chi connectivity index (χ0v) is 17.7. The maximum absolute atomic E-state index is 13.7. The van der Waals surface area contributed by atoms with Gasteiger partial charge in [0, 0.05) is 0 Å². The Balaban J connectivity index is 1.98. The van der Waals surface area contributed by atoms with Crippen LogP contribution in [0.4, 0.5) is 13.2 Å². The van der Waals surface area contributed by atoms with Gasteiger partial charge in [0.15, 0.2) is 0 Å². The lowest BCUT2D eigenvalue weighted by atomic mass is 9.65. The van der Waals surface area contributed by atoms with Gasteiger partial charge in [-0.05, 0) is 69.5 Å². The third-order valence-corrected chi connectivity index (χ3v) is 5.12. The molecule has 0 bridgehead atoms. The van der Waals surface area contributed by atoms with Gasteiger partial charge in [-0.3, -0.25) is 0 Å². The predicted octanol–water partition coefficient (Wildman–Crippen LogP) is -0.915. The highest BCUT2D eigenvalue weighted by Gasteiger charge is 2.36. The number of halogens is 3. The summed E-state index contributed by atoms with van der Waals surface area (Å²) in [6.07, 6.45) is 0. The van der Waals surface area contributed by atoms with E-state index in [9.17, 15) is 38.5 Å². The van der Waals surface area contributed by atoms with Crippen molar-refractivity contribution in [2.24, 2.45) is 0 Å². The molecule has 0 heterocycles. The molecular weight excluding hydrogens is 454 g/mol. The van der Waals surface area contributed by atoms with Gasteiger partial charge in [0.2, 0.25) is 0 Å². The Morgan fingerprint density at radius 2 is 0.882 bits per heavy atom. The van der Waals surface area contributed by atoms with Crippen molar-refractivity contribution in [2.45, 2.75) is 19.8 Å². The van der Waals surface area contributed by atoms with E-state index in [1.165, 1.54) is 18.2 Å². The average molecular weight is 474 g/mol. The summed E-state index contributed by atoms with van der Waals surface area (Å²) >= 11 is 0. The molecule has 0 fully saturated rings. The fourth-order valence-electron chi connectivity index (χ4n) is 3.40. The van der Waals surface area contributed by atoms with E-state index >= 15 is 0 Å². The van der Waals surface area contributed by atoms with Crippen molar-refractivity contribution in [3.8, 4) is 0 Å². The second-order valence-corrected chi connectivity index (χ2v) is 7.31. The standard InChI is InChI=1S/C21H20B3F3O7/c25-16-1-4-19(13(7-16)10-28)22(31)33-24(21-6-3-18(27)9-15(21)12-30)34-23(32)20-5-2-17(26)8-14(20)11-29/h1-9,28-32H,10-12H2. The number of aliphatic hydroxyl groups excluding tert-OH is 3. The van der Waals surface area contributed by atoms with E-state index in [1.54, 1.807) is 0 Å². The molecule has 5 N–H and O–H groups in total. The smallest absolute Gasteiger partial charge is 0.444 e. The Kier molecular flexibility index (Phi) is 8.92. The van der Waals surface area contributed by atoms with Crippen LogP contribution in [0.25, 0.3) is 0 Å². The normalized spacial score (nSPS) is 10.9. The molecule has 0 unspecified atom stereocenters. The molecular formula is C21H20B3F3O7. The van der Waals surface area contributed by atoms with E-state index in [4.69, 9.17) is 9.14 Å². The van der Waals surface area contributed by atoms with Gasteiger partial charge in [-0.1, -0.05) is 18.2 Å². The quantitative estimate of drug-likeness (QED) is 0.242. The van der Waals surface area contributed by atoms with E-state index < -0.39 is 58.6 Å². The van der Waals surface area contributed by atoms with E-state index in [2.05, 4.69) is 0 Å². The van der Waals surface area contributed by atoms with Crippen molar-refractivity contribution in [3.63, 3.8) is 0 Å². The minimum Gasteiger partial charge on any atom is -0.444 e. The summed E-state index contributed by atoms with van der Waals surface area (Å²) in [5, 5.41) is 50.0. The lowest BCUT2D eigenvalue weighted by Crippen LogP contribution is -2.53. The molecule has 7 nitrogen and oxygen atoms in total. The zero-order valence-electron chi connectivity index (χ0n) is 17.7. The minimum atomic E-state index is -1.80. The van der Waals surface area contributed by atoms with Gasteiger partial charge in [-0.15, -0.1) is 0 Å². The van der Waals surface area contributed by atoms with E-state index in [1.807, 2.05) is 0 Å². The highest BCUT2D eigenvalue weighted by Crippen LogP contribution is 2.10. The molecule has 3 aromatic carbocycles. The molecule has 0 saturated heterocycles. The predicted molar refractivity (Wildman–Crippen MR) is 120 cm³/mol. The number of benzene rings is 3. The first-order valence-electron chi connectivity index (χ1n) is 10.1. The van der Waals surface area contributed by atoms with E-state index in [0.29, 0.717) is 0 Å². The largest absolute Gasteiger partial charge is 0.478 e. The highest BCUT2D eigenvalue weighted by molar-refractivity contribution is 6.79. The van der Waals surface area contributed by atoms with Gasteiger partial charge in [0.25, 0.3) is 0 Å². The lowest BCUT2D eigenvalue weighted by Gasteiger charge is -2.23. The second-order valence-electron chi connectivity index (χ2n) is 7.31. The molecule has 3 rings (SSSR count). The van der Waals surface area contributed by atoms with Gasteiger partial charge in [0.1, 0.15) is 17.5 Å². The van der Waals surface area contributed by atoms with Gasteiger partial charge < -0.3 is 34.5 Å². The monoisotopic (exact) mass is 474 g/mol. The molecule has 0 saturated carbocycles. The SMILES string of the molecule is OCc1cc(F)ccc1B(O)OB(OB(O)c1ccc(F)cc1CO)c1ccc(F)cc1CO. The van der Waals surface area contributed by atoms with E-state index in [-0.39, 0.29) is 33.1 Å². The summed E-state index contributed by atoms with van der Waals surface area (Å²) in [5.74, 6) is -1.98. The Morgan fingerprint density at radius 1 is 0.559 bits per heavy atom. The third kappa shape index (κ3) is 6.07. The van der Waals surface area contributed by atoms with Crippen LogP contribution in [0.5, 0.6) is 0 Å². The van der Waals surface area contributed by atoms with Crippen LogP contribution in [0.2, 0.25) is 0 Å². The maximum atomic E-state index is 13.7. The maximum Gasteiger partial charge on any atom is 0.478 e. The average Bonchev–Trinajstić information content (AvgIpc) is 2.82. The lowest BCUT2D eigenvalue weighted by molar-refractivity contribution is 0.280. The molecule has 13 heteroatoms. The molecule has 34 heavy (non-hydrogen) atoms. The fourth-order valence-corrected chi connectivity index (χ4v) is 3.40. The van der Waals surface area contributed by atoms with Crippen molar-refractivity contribution >= 4 is 37.7 Å². The molecule has 0 aliphatic rings. The second kappa shape index (κ2) is 11.7. The molecule has 0 aliphatic carbocycles. The first kappa shape index (κ1) is 26.0. The Labute approximate surface area is 194 Å². The van der Waals surface area contributed by atoms with Gasteiger partial charge in [-0.25, -0.2) is 13.2 Å². The Hall–Kier alpha value is -2.64. The van der Waals surface area contributed by atoms with Crippen molar-refractivity contribution < 1.29 is 47.7 Å². The summed E-state index contributed by atoms with van der Waals surface area (Å²) in [6.45, 7) is -1.87. The minimum absolute atomic E-state index is 0.00233. The molecule has 0 atom stereocenters. The summed E-state index contributed by atoms with van der Waals surface area (Å²) < 4.78 is 51.8. The van der Waals surface area contributed by atoms with Crippen LogP contribution >= 0.6 is 0 Å². The molecule has 0 amide bonds. The van der Waals surface area contributed by atoms with Crippen molar-refractivity contribution in [2.75, 3.05) is 0 Å². The van der Waals surface area contributed by atoms with Crippen molar-refractivity contribution in [1.29, 1.82) is 0 Å². The van der Waals surface area contributed by atoms with Crippen LogP contribution in [0.1, 0.15) is 16.7 Å². The van der Waals surface area contributed by atoms with Crippen molar-refractivity contribution in [1.82, 2.24) is 0 Å². The van der Waals surface area contributed by atoms with Crippen LogP contribution in [0.3, 0.4) is 0 Å². The molecule has 0 aromatic heterocycles. The number of hydrogen-bond acceptors (Lipinski definition) is 7. The molecule has 0 radical (unpaired) electrons. The van der Waals surface area contributed by atoms with Crippen LogP contribution in [0, 0.1) is 17.5 Å². The van der Waals surface area contributed by atoms with Crippen LogP contribution < -0.4 is 16.4 Å². The first-order valence-corrected chi connectivity index (χ1v) is 10.1. The Bertz CT molecular complexity index is 1080.